The van der Waals surface area contributed by atoms with E-state index in [2.05, 4.69) is 5.10 Å². The fraction of sp³-hybridized carbons (Fsp3) is 0.778. The lowest BCUT2D eigenvalue weighted by Gasteiger charge is -2.34. The highest BCUT2D eigenvalue weighted by molar-refractivity contribution is 5.79. The lowest BCUT2D eigenvalue weighted by atomic mass is 9.87. The summed E-state index contributed by atoms with van der Waals surface area (Å²) in [6, 6.07) is 0.822. The quantitative estimate of drug-likeness (QED) is 0.784. The van der Waals surface area contributed by atoms with Crippen molar-refractivity contribution in [2.45, 2.75) is 70.0 Å². The first kappa shape index (κ1) is 18.3. The fourth-order valence-electron chi connectivity index (χ4n) is 4.20. The van der Waals surface area contributed by atoms with Crippen LogP contribution in [0.25, 0.3) is 0 Å². The normalized spacial score (nSPS) is 23.5. The van der Waals surface area contributed by atoms with Crippen LogP contribution < -0.4 is 0 Å². The van der Waals surface area contributed by atoms with Gasteiger partial charge < -0.3 is 4.90 Å². The molecule has 2 aliphatic rings. The lowest BCUT2D eigenvalue weighted by Crippen LogP contribution is -2.40. The summed E-state index contributed by atoms with van der Waals surface area (Å²) in [7, 11) is 1.54. The number of nitrogens with zero attached hydrogens (tertiary/aromatic N) is 3. The second-order valence-electron chi connectivity index (χ2n) is 7.31. The first-order valence-corrected chi connectivity index (χ1v) is 9.29. The molecular formula is C18H26F3N3O. The number of aromatic nitrogens is 2. The van der Waals surface area contributed by atoms with Gasteiger partial charge in [-0.05, 0) is 31.7 Å². The Bertz CT molecular complexity index is 605. The van der Waals surface area contributed by atoms with Gasteiger partial charge in [-0.15, -0.1) is 0 Å². The number of alkyl halides is 3. The van der Waals surface area contributed by atoms with Crippen LogP contribution in [0.1, 0.15) is 75.2 Å². The van der Waals surface area contributed by atoms with Gasteiger partial charge in [0.25, 0.3) is 0 Å². The molecule has 25 heavy (non-hydrogen) atoms. The van der Waals surface area contributed by atoms with Crippen molar-refractivity contribution < 1.29 is 18.0 Å². The zero-order valence-electron chi connectivity index (χ0n) is 14.7. The summed E-state index contributed by atoms with van der Waals surface area (Å²) in [6.07, 6.45) is 4.21. The molecule has 140 valence electrons. The van der Waals surface area contributed by atoms with Crippen LogP contribution in [-0.2, 0) is 18.0 Å². The molecule has 1 aromatic rings. The van der Waals surface area contributed by atoms with Crippen LogP contribution in [-0.4, -0.2) is 27.1 Å². The van der Waals surface area contributed by atoms with E-state index in [9.17, 15) is 18.0 Å². The molecule has 1 aliphatic carbocycles. The molecule has 1 unspecified atom stereocenters. The fourth-order valence-corrected chi connectivity index (χ4v) is 4.20. The molecular weight excluding hydrogens is 331 g/mol. The van der Waals surface area contributed by atoms with E-state index >= 15 is 0 Å². The molecule has 0 bridgehead atoms. The number of amides is 1. The molecule has 3 rings (SSSR count). The van der Waals surface area contributed by atoms with Crippen LogP contribution in [0.4, 0.5) is 13.2 Å². The minimum atomic E-state index is -4.46. The number of halogens is 3. The Morgan fingerprint density at radius 2 is 1.72 bits per heavy atom. The zero-order chi connectivity index (χ0) is 18.0. The van der Waals surface area contributed by atoms with E-state index in [4.69, 9.17) is 0 Å². The van der Waals surface area contributed by atoms with Gasteiger partial charge in [-0.25, -0.2) is 0 Å². The molecule has 1 saturated heterocycles. The van der Waals surface area contributed by atoms with Crippen LogP contribution in [0.5, 0.6) is 0 Å². The number of carbonyl (C=O) groups is 1. The summed E-state index contributed by atoms with van der Waals surface area (Å²) >= 11 is 0. The average molecular weight is 357 g/mol. The van der Waals surface area contributed by atoms with Gasteiger partial charge in [0.05, 0.1) is 11.7 Å². The van der Waals surface area contributed by atoms with E-state index in [0.717, 1.165) is 51.0 Å². The largest absolute Gasteiger partial charge is 0.435 e. The maximum absolute atomic E-state index is 13.1. The van der Waals surface area contributed by atoms with Crippen molar-refractivity contribution in [1.29, 1.82) is 0 Å². The summed E-state index contributed by atoms with van der Waals surface area (Å²) in [5.74, 6) is 0.158. The van der Waals surface area contributed by atoms with Crippen molar-refractivity contribution in [3.05, 3.63) is 17.5 Å². The standard InChI is InChI=1S/C18H26F3N3O/c1-23-15(12-16(22-23)18(19,20)21)14-10-6-3-7-11-24(14)17(25)13-8-4-2-5-9-13/h12-14H,2-11H2,1H3. The smallest absolute Gasteiger partial charge is 0.334 e. The predicted octanol–water partition coefficient (Wildman–Crippen LogP) is 4.46. The van der Waals surface area contributed by atoms with Gasteiger partial charge in [-0.3, -0.25) is 9.48 Å². The third-order valence-corrected chi connectivity index (χ3v) is 5.54. The Hall–Kier alpha value is -1.53. The molecule has 0 aromatic carbocycles. The van der Waals surface area contributed by atoms with Crippen molar-refractivity contribution in [2.75, 3.05) is 6.54 Å². The highest BCUT2D eigenvalue weighted by Crippen LogP contribution is 2.36. The summed E-state index contributed by atoms with van der Waals surface area (Å²) in [4.78, 5) is 14.9. The summed E-state index contributed by atoms with van der Waals surface area (Å²) in [5.41, 5.74) is -0.377. The summed E-state index contributed by atoms with van der Waals surface area (Å²) < 4.78 is 40.4. The Morgan fingerprint density at radius 1 is 1.08 bits per heavy atom. The molecule has 1 aliphatic heterocycles. The molecule has 4 nitrogen and oxygen atoms in total. The van der Waals surface area contributed by atoms with Gasteiger partial charge in [-0.1, -0.05) is 32.1 Å². The van der Waals surface area contributed by atoms with Crippen molar-refractivity contribution in [1.82, 2.24) is 14.7 Å². The van der Waals surface area contributed by atoms with E-state index in [1.807, 2.05) is 4.90 Å². The Balaban J connectivity index is 1.88. The number of hydrogen-bond acceptors (Lipinski definition) is 2. The number of rotatable bonds is 2. The molecule has 7 heteroatoms. The van der Waals surface area contributed by atoms with Gasteiger partial charge >= 0.3 is 6.18 Å². The van der Waals surface area contributed by atoms with Crippen LogP contribution in [0, 0.1) is 5.92 Å². The topological polar surface area (TPSA) is 38.1 Å². The summed E-state index contributed by atoms with van der Waals surface area (Å²) in [5, 5.41) is 3.65. The molecule has 1 atom stereocenters. The number of carbonyl (C=O) groups excluding carboxylic acids is 1. The maximum atomic E-state index is 13.1. The third kappa shape index (κ3) is 4.01. The van der Waals surface area contributed by atoms with Gasteiger partial charge in [0, 0.05) is 19.5 Å². The molecule has 0 N–H and O–H groups in total. The van der Waals surface area contributed by atoms with E-state index in [0.29, 0.717) is 18.7 Å². The minimum absolute atomic E-state index is 0.0321. The van der Waals surface area contributed by atoms with Gasteiger partial charge in [0.1, 0.15) is 0 Å². The van der Waals surface area contributed by atoms with Gasteiger partial charge in [0.15, 0.2) is 5.69 Å². The van der Waals surface area contributed by atoms with Crippen LogP contribution in [0.15, 0.2) is 6.07 Å². The number of likely N-dealkylation sites (tertiary alicyclic amines) is 1. The molecule has 1 aromatic heterocycles. The van der Waals surface area contributed by atoms with Crippen LogP contribution in [0.2, 0.25) is 0 Å². The average Bonchev–Trinajstić information content (AvgIpc) is 2.82. The Labute approximate surface area is 146 Å². The first-order chi connectivity index (χ1) is 11.9. The lowest BCUT2D eigenvalue weighted by molar-refractivity contribution is -0.141. The Kier molecular flexibility index (Phi) is 5.39. The third-order valence-electron chi connectivity index (χ3n) is 5.54. The number of aryl methyl sites for hydroxylation is 1. The monoisotopic (exact) mass is 357 g/mol. The Morgan fingerprint density at radius 3 is 2.36 bits per heavy atom. The molecule has 2 fully saturated rings. The van der Waals surface area contributed by atoms with E-state index in [1.165, 1.54) is 11.1 Å². The first-order valence-electron chi connectivity index (χ1n) is 9.29. The van der Waals surface area contributed by atoms with Crippen LogP contribution in [0.3, 0.4) is 0 Å². The minimum Gasteiger partial charge on any atom is -0.334 e. The maximum Gasteiger partial charge on any atom is 0.435 e. The number of hydrogen-bond donors (Lipinski definition) is 0. The highest BCUT2D eigenvalue weighted by Gasteiger charge is 2.38. The molecule has 1 saturated carbocycles. The molecule has 0 radical (unpaired) electrons. The van der Waals surface area contributed by atoms with Crippen LogP contribution >= 0.6 is 0 Å². The summed E-state index contributed by atoms with van der Waals surface area (Å²) in [6.45, 7) is 0.631. The van der Waals surface area contributed by atoms with Gasteiger partial charge in [0.2, 0.25) is 5.91 Å². The van der Waals surface area contributed by atoms with Crippen molar-refractivity contribution in [3.8, 4) is 0 Å². The molecule has 2 heterocycles. The van der Waals surface area contributed by atoms with Crippen molar-refractivity contribution in [3.63, 3.8) is 0 Å². The van der Waals surface area contributed by atoms with Crippen molar-refractivity contribution >= 4 is 5.91 Å². The predicted molar refractivity (Wildman–Crippen MR) is 87.7 cm³/mol. The zero-order valence-corrected chi connectivity index (χ0v) is 14.7. The molecule has 1 amide bonds. The second kappa shape index (κ2) is 7.38. The highest BCUT2D eigenvalue weighted by atomic mass is 19.4. The molecule has 0 spiro atoms. The van der Waals surface area contributed by atoms with Gasteiger partial charge in [-0.2, -0.15) is 18.3 Å². The van der Waals surface area contributed by atoms with E-state index in [-0.39, 0.29) is 17.9 Å². The van der Waals surface area contributed by atoms with Crippen molar-refractivity contribution in [2.24, 2.45) is 13.0 Å². The van der Waals surface area contributed by atoms with E-state index in [1.54, 1.807) is 7.05 Å². The SMILES string of the molecule is Cn1nc(C(F)(F)F)cc1C1CCCCCN1C(=O)C1CCCCC1. The second-order valence-corrected chi connectivity index (χ2v) is 7.31. The van der Waals surface area contributed by atoms with E-state index < -0.39 is 11.9 Å².